The third-order valence-electron chi connectivity index (χ3n) is 5.31. The lowest BCUT2D eigenvalue weighted by atomic mass is 9.70. The number of ketones is 1. The average Bonchev–Trinajstić information content (AvgIpc) is 2.91. The second kappa shape index (κ2) is 5.08. The topological polar surface area (TPSA) is 43.4 Å². The van der Waals surface area contributed by atoms with E-state index in [4.69, 9.17) is 4.74 Å². The molecule has 2 aliphatic carbocycles. The number of hydrogen-bond donors (Lipinski definition) is 0. The molecular formula is C19H22O3. The molecule has 116 valence electrons. The molecule has 0 radical (unpaired) electrons. The Kier molecular flexibility index (Phi) is 3.47. The van der Waals surface area contributed by atoms with E-state index in [0.717, 1.165) is 12.0 Å². The van der Waals surface area contributed by atoms with Crippen LogP contribution in [0.1, 0.15) is 39.2 Å². The summed E-state index contributed by atoms with van der Waals surface area (Å²) in [7, 11) is 0. The van der Waals surface area contributed by atoms with Crippen molar-refractivity contribution in [2.45, 2.75) is 39.7 Å². The number of carbonyl (C=O) groups is 2. The van der Waals surface area contributed by atoms with Crippen LogP contribution < -0.4 is 0 Å². The molecule has 0 amide bonds. The van der Waals surface area contributed by atoms with E-state index >= 15 is 0 Å². The molecule has 2 aliphatic rings. The first-order valence-corrected chi connectivity index (χ1v) is 7.82. The monoisotopic (exact) mass is 298 g/mol. The van der Waals surface area contributed by atoms with Crippen LogP contribution in [0.25, 0.3) is 6.08 Å². The predicted octanol–water partition coefficient (Wildman–Crippen LogP) is 3.64. The Morgan fingerprint density at radius 2 is 1.86 bits per heavy atom. The van der Waals surface area contributed by atoms with Gasteiger partial charge in [-0.1, -0.05) is 51.1 Å². The van der Waals surface area contributed by atoms with Gasteiger partial charge in [-0.25, -0.2) is 4.79 Å². The molecule has 2 saturated carbocycles. The van der Waals surface area contributed by atoms with Gasteiger partial charge in [-0.2, -0.15) is 0 Å². The smallest absolute Gasteiger partial charge is 0.331 e. The molecule has 0 spiro atoms. The number of ether oxygens (including phenoxy) is 1. The van der Waals surface area contributed by atoms with Crippen LogP contribution >= 0.6 is 0 Å². The van der Waals surface area contributed by atoms with Gasteiger partial charge in [0.1, 0.15) is 11.9 Å². The lowest BCUT2D eigenvalue weighted by molar-refractivity contribution is -0.154. The highest BCUT2D eigenvalue weighted by Crippen LogP contribution is 2.60. The van der Waals surface area contributed by atoms with Gasteiger partial charge in [-0.3, -0.25) is 4.79 Å². The number of hydrogen-bond acceptors (Lipinski definition) is 3. The van der Waals surface area contributed by atoms with Gasteiger partial charge in [0.2, 0.25) is 0 Å². The molecule has 0 heterocycles. The highest BCUT2D eigenvalue weighted by molar-refractivity contribution is 5.94. The van der Waals surface area contributed by atoms with Crippen molar-refractivity contribution in [3.05, 3.63) is 42.0 Å². The summed E-state index contributed by atoms with van der Waals surface area (Å²) in [6, 6.07) is 9.66. The van der Waals surface area contributed by atoms with Crippen molar-refractivity contribution in [3.8, 4) is 0 Å². The van der Waals surface area contributed by atoms with Crippen LogP contribution in [0.15, 0.2) is 36.4 Å². The van der Waals surface area contributed by atoms with Gasteiger partial charge >= 0.3 is 5.97 Å². The number of carbonyl (C=O) groups excluding carboxylic acids is 2. The van der Waals surface area contributed by atoms with Crippen LogP contribution in [-0.2, 0) is 14.3 Å². The van der Waals surface area contributed by atoms with Gasteiger partial charge in [-0.05, 0) is 24.5 Å². The fourth-order valence-corrected chi connectivity index (χ4v) is 4.18. The Balaban J connectivity index is 1.67. The number of benzene rings is 1. The molecule has 0 saturated heterocycles. The molecule has 2 bridgehead atoms. The van der Waals surface area contributed by atoms with Crippen LogP contribution in [0, 0.1) is 16.7 Å². The lowest BCUT2D eigenvalue weighted by Gasteiger charge is -2.36. The van der Waals surface area contributed by atoms with Crippen LogP contribution in [-0.4, -0.2) is 17.9 Å². The minimum Gasteiger partial charge on any atom is -0.459 e. The Hall–Kier alpha value is -1.90. The van der Waals surface area contributed by atoms with Crippen molar-refractivity contribution in [3.63, 3.8) is 0 Å². The molecule has 3 rings (SSSR count). The van der Waals surface area contributed by atoms with Crippen molar-refractivity contribution < 1.29 is 14.3 Å². The summed E-state index contributed by atoms with van der Waals surface area (Å²) in [5.74, 6) is 0.129. The van der Waals surface area contributed by atoms with Gasteiger partial charge in [0.25, 0.3) is 0 Å². The number of Topliss-reactive ketones (excluding diaryl/α,β-unsaturated/α-hetero) is 1. The highest BCUT2D eigenvalue weighted by Gasteiger charge is 2.64. The molecule has 22 heavy (non-hydrogen) atoms. The third-order valence-corrected chi connectivity index (χ3v) is 5.31. The van der Waals surface area contributed by atoms with Gasteiger partial charge in [0.15, 0.2) is 0 Å². The van der Waals surface area contributed by atoms with E-state index in [1.54, 1.807) is 6.08 Å². The van der Waals surface area contributed by atoms with E-state index in [1.807, 2.05) is 51.1 Å². The molecule has 1 aromatic carbocycles. The van der Waals surface area contributed by atoms with Crippen molar-refractivity contribution in [2.24, 2.45) is 16.7 Å². The van der Waals surface area contributed by atoms with Gasteiger partial charge in [-0.15, -0.1) is 0 Å². The van der Waals surface area contributed by atoms with Gasteiger partial charge in [0, 0.05) is 22.8 Å². The summed E-state index contributed by atoms with van der Waals surface area (Å²) >= 11 is 0. The summed E-state index contributed by atoms with van der Waals surface area (Å²) < 4.78 is 5.64. The SMILES string of the molecule is CC1(C)C(=O)[C@@]2(C)C[C@H](OC(=O)/C=C/c3ccccc3)[C@@H]1C2. The largest absolute Gasteiger partial charge is 0.459 e. The van der Waals surface area contributed by atoms with E-state index in [1.165, 1.54) is 6.08 Å². The molecule has 1 aromatic rings. The van der Waals surface area contributed by atoms with Crippen LogP contribution in [0.4, 0.5) is 0 Å². The number of esters is 1. The Bertz CT molecular complexity index is 623. The standard InChI is InChI=1S/C19H22O3/c1-18(2)14-11-19(3,17(18)21)12-15(14)22-16(20)10-9-13-7-5-4-6-8-13/h4-10,14-15H,11-12H2,1-3H3/b10-9+/t14-,15-,19+/m0/s1. The fraction of sp³-hybridized carbons (Fsp3) is 0.474. The quantitative estimate of drug-likeness (QED) is 0.632. The van der Waals surface area contributed by atoms with E-state index in [-0.39, 0.29) is 28.8 Å². The zero-order chi connectivity index (χ0) is 16.0. The maximum Gasteiger partial charge on any atom is 0.331 e. The molecule has 3 nitrogen and oxygen atoms in total. The minimum absolute atomic E-state index is 0.138. The highest BCUT2D eigenvalue weighted by atomic mass is 16.5. The molecule has 2 fully saturated rings. The average molecular weight is 298 g/mol. The van der Waals surface area contributed by atoms with Crippen LogP contribution in [0.3, 0.4) is 0 Å². The molecule has 0 unspecified atom stereocenters. The van der Waals surface area contributed by atoms with Crippen LogP contribution in [0.5, 0.6) is 0 Å². The van der Waals surface area contributed by atoms with Gasteiger partial charge in [0.05, 0.1) is 0 Å². The Morgan fingerprint density at radius 1 is 1.18 bits per heavy atom. The molecular weight excluding hydrogens is 276 g/mol. The summed E-state index contributed by atoms with van der Waals surface area (Å²) in [6.45, 7) is 5.96. The maximum atomic E-state index is 12.4. The first kappa shape index (κ1) is 15.0. The Labute approximate surface area is 131 Å². The summed E-state index contributed by atoms with van der Waals surface area (Å²) in [4.78, 5) is 24.4. The van der Waals surface area contributed by atoms with Gasteiger partial charge < -0.3 is 4.74 Å². The number of fused-ring (bicyclic) bond motifs is 2. The maximum absolute atomic E-state index is 12.4. The molecule has 0 N–H and O–H groups in total. The fourth-order valence-electron chi connectivity index (χ4n) is 4.18. The minimum atomic E-state index is -0.388. The molecule has 3 heteroatoms. The molecule has 3 atom stereocenters. The third kappa shape index (κ3) is 2.39. The second-order valence-electron chi connectivity index (χ2n) is 7.35. The summed E-state index contributed by atoms with van der Waals surface area (Å²) in [6.07, 6.45) is 4.57. The van der Waals surface area contributed by atoms with E-state index in [2.05, 4.69) is 0 Å². The molecule has 0 aliphatic heterocycles. The van der Waals surface area contributed by atoms with Crippen molar-refractivity contribution >= 4 is 17.8 Å². The zero-order valence-electron chi connectivity index (χ0n) is 13.3. The zero-order valence-corrected chi connectivity index (χ0v) is 13.3. The van der Waals surface area contributed by atoms with Crippen molar-refractivity contribution in [1.29, 1.82) is 0 Å². The Morgan fingerprint density at radius 3 is 2.45 bits per heavy atom. The van der Waals surface area contributed by atoms with E-state index in [0.29, 0.717) is 12.2 Å². The lowest BCUT2D eigenvalue weighted by Crippen LogP contribution is -2.43. The van der Waals surface area contributed by atoms with Crippen molar-refractivity contribution in [2.75, 3.05) is 0 Å². The summed E-state index contributed by atoms with van der Waals surface area (Å²) in [5.41, 5.74) is 0.262. The normalized spacial score (nSPS) is 32.6. The first-order chi connectivity index (χ1) is 10.3. The molecule has 0 aromatic heterocycles. The van der Waals surface area contributed by atoms with E-state index < -0.39 is 0 Å². The summed E-state index contributed by atoms with van der Waals surface area (Å²) in [5, 5.41) is 0. The predicted molar refractivity (Wildman–Crippen MR) is 85.0 cm³/mol. The van der Waals surface area contributed by atoms with Crippen LogP contribution in [0.2, 0.25) is 0 Å². The second-order valence-corrected chi connectivity index (χ2v) is 7.35. The van der Waals surface area contributed by atoms with E-state index in [9.17, 15) is 9.59 Å². The number of rotatable bonds is 3. The first-order valence-electron chi connectivity index (χ1n) is 7.82. The van der Waals surface area contributed by atoms with Crippen molar-refractivity contribution in [1.82, 2.24) is 0 Å².